The molecule has 0 aliphatic heterocycles. The van der Waals surface area contributed by atoms with E-state index in [-0.39, 0.29) is 5.76 Å². The van der Waals surface area contributed by atoms with Crippen LogP contribution in [-0.2, 0) is 0 Å². The molecule has 2 aromatic rings. The van der Waals surface area contributed by atoms with Gasteiger partial charge in [-0.25, -0.2) is 0 Å². The number of halogens is 2. The summed E-state index contributed by atoms with van der Waals surface area (Å²) in [5, 5.41) is 0. The second kappa shape index (κ2) is 6.20. The van der Waals surface area contributed by atoms with Crippen LogP contribution in [0.25, 0.3) is 0 Å². The zero-order valence-electron chi connectivity index (χ0n) is 9.44. The van der Waals surface area contributed by atoms with Gasteiger partial charge in [-0.3, -0.25) is 20.4 Å². The largest absolute Gasteiger partial charge is 0.459 e. The lowest BCUT2D eigenvalue weighted by Gasteiger charge is -2.07. The van der Waals surface area contributed by atoms with Gasteiger partial charge >= 0.3 is 5.91 Å². The molecule has 5 nitrogen and oxygen atoms in total. The predicted molar refractivity (Wildman–Crippen MR) is 80.5 cm³/mol. The molecule has 0 aliphatic rings. The van der Waals surface area contributed by atoms with Gasteiger partial charge in [0.15, 0.2) is 5.76 Å². The summed E-state index contributed by atoms with van der Waals surface area (Å²) in [6.07, 6.45) is 1.38. The number of furan rings is 1. The van der Waals surface area contributed by atoms with Crippen LogP contribution < -0.4 is 10.9 Å². The van der Waals surface area contributed by atoms with E-state index in [4.69, 9.17) is 4.42 Å². The van der Waals surface area contributed by atoms with Gasteiger partial charge in [0.25, 0.3) is 5.91 Å². The predicted octanol–water partition coefficient (Wildman–Crippen LogP) is 2.72. The average Bonchev–Trinajstić information content (AvgIpc) is 2.92. The second-order valence-electron chi connectivity index (χ2n) is 3.51. The van der Waals surface area contributed by atoms with Crippen LogP contribution in [0.5, 0.6) is 0 Å². The number of hydrogen-bond donors (Lipinski definition) is 2. The quantitative estimate of drug-likeness (QED) is 0.564. The van der Waals surface area contributed by atoms with Crippen molar-refractivity contribution in [2.75, 3.05) is 0 Å². The van der Waals surface area contributed by atoms with Gasteiger partial charge in [0.2, 0.25) is 0 Å². The van der Waals surface area contributed by atoms with Crippen LogP contribution in [-0.4, -0.2) is 11.8 Å². The molecule has 0 saturated heterocycles. The molecule has 0 atom stereocenters. The maximum absolute atomic E-state index is 11.9. The minimum atomic E-state index is -0.511. The summed E-state index contributed by atoms with van der Waals surface area (Å²) in [4.78, 5) is 23.5. The molecule has 0 unspecified atom stereocenters. The Balaban J connectivity index is 2.02. The van der Waals surface area contributed by atoms with Crippen molar-refractivity contribution in [1.29, 1.82) is 0 Å². The molecule has 0 aliphatic carbocycles. The number of hydrazine groups is 1. The topological polar surface area (TPSA) is 71.3 Å². The Labute approximate surface area is 131 Å². The van der Waals surface area contributed by atoms with E-state index < -0.39 is 11.8 Å². The van der Waals surface area contributed by atoms with Crippen molar-refractivity contribution in [3.05, 3.63) is 56.0 Å². The van der Waals surface area contributed by atoms with E-state index in [1.54, 1.807) is 18.2 Å². The molecule has 1 aromatic carbocycles. The van der Waals surface area contributed by atoms with Crippen LogP contribution in [0, 0.1) is 3.57 Å². The molecular formula is C12H8BrIN2O3. The molecule has 19 heavy (non-hydrogen) atoms. The summed E-state index contributed by atoms with van der Waals surface area (Å²) >= 11 is 5.34. The van der Waals surface area contributed by atoms with Gasteiger partial charge in [-0.2, -0.15) is 0 Å². The molecular weight excluding hydrogens is 427 g/mol. The van der Waals surface area contributed by atoms with Gasteiger partial charge in [-0.15, -0.1) is 0 Å². The van der Waals surface area contributed by atoms with Crippen molar-refractivity contribution >= 4 is 50.3 Å². The Morgan fingerprint density at radius 2 is 1.89 bits per heavy atom. The monoisotopic (exact) mass is 434 g/mol. The van der Waals surface area contributed by atoms with E-state index in [0.717, 1.165) is 8.04 Å². The van der Waals surface area contributed by atoms with Gasteiger partial charge in [-0.1, -0.05) is 15.9 Å². The maximum Gasteiger partial charge on any atom is 0.305 e. The fraction of sp³-hybridized carbons (Fsp3) is 0. The van der Waals surface area contributed by atoms with Gasteiger partial charge in [0, 0.05) is 8.04 Å². The number of benzene rings is 1. The van der Waals surface area contributed by atoms with Crippen molar-refractivity contribution < 1.29 is 14.0 Å². The molecule has 0 bridgehead atoms. The number of carbonyl (C=O) groups is 2. The Hall–Kier alpha value is -1.35. The molecule has 0 radical (unpaired) electrons. The first-order valence-corrected chi connectivity index (χ1v) is 7.04. The Morgan fingerprint density at radius 1 is 1.16 bits per heavy atom. The van der Waals surface area contributed by atoms with E-state index in [0.29, 0.717) is 5.56 Å². The lowest BCUT2D eigenvalue weighted by molar-refractivity contribution is 0.0830. The highest BCUT2D eigenvalue weighted by Gasteiger charge is 2.13. The fourth-order valence-corrected chi connectivity index (χ4v) is 2.26. The van der Waals surface area contributed by atoms with Crippen LogP contribution in [0.4, 0.5) is 0 Å². The molecule has 0 fully saturated rings. The zero-order valence-corrected chi connectivity index (χ0v) is 13.2. The Kier molecular flexibility index (Phi) is 4.59. The SMILES string of the molecule is O=C(NNC(=O)c1cc(Br)ccc1I)c1ccco1. The third-order valence-corrected chi connectivity index (χ3v) is 3.64. The standard InChI is InChI=1S/C12H8BrIN2O3/c13-7-3-4-9(14)8(6-7)11(17)15-16-12(18)10-2-1-5-19-10/h1-6H,(H,15,17)(H,16,18). The highest BCUT2D eigenvalue weighted by atomic mass is 127. The number of hydrogen-bond acceptors (Lipinski definition) is 3. The maximum atomic E-state index is 11.9. The summed E-state index contributed by atoms with van der Waals surface area (Å²) in [5.41, 5.74) is 5.08. The third kappa shape index (κ3) is 3.57. The second-order valence-corrected chi connectivity index (χ2v) is 5.59. The van der Waals surface area contributed by atoms with E-state index >= 15 is 0 Å². The van der Waals surface area contributed by atoms with Crippen molar-refractivity contribution in [2.24, 2.45) is 0 Å². The average molecular weight is 435 g/mol. The van der Waals surface area contributed by atoms with Crippen molar-refractivity contribution in [2.45, 2.75) is 0 Å². The number of rotatable bonds is 2. The van der Waals surface area contributed by atoms with E-state index in [1.165, 1.54) is 12.3 Å². The highest BCUT2D eigenvalue weighted by molar-refractivity contribution is 14.1. The van der Waals surface area contributed by atoms with Gasteiger partial charge in [0.1, 0.15) is 0 Å². The summed E-state index contributed by atoms with van der Waals surface area (Å²) in [6.45, 7) is 0. The van der Waals surface area contributed by atoms with E-state index in [9.17, 15) is 9.59 Å². The lowest BCUT2D eigenvalue weighted by atomic mass is 10.2. The molecule has 2 N–H and O–H groups in total. The van der Waals surface area contributed by atoms with Crippen molar-refractivity contribution in [3.8, 4) is 0 Å². The smallest absolute Gasteiger partial charge is 0.305 e. The van der Waals surface area contributed by atoms with Crippen molar-refractivity contribution in [3.63, 3.8) is 0 Å². The van der Waals surface area contributed by atoms with Crippen LogP contribution in [0.3, 0.4) is 0 Å². The number of carbonyl (C=O) groups excluding carboxylic acids is 2. The van der Waals surface area contributed by atoms with E-state index in [2.05, 4.69) is 26.8 Å². The first kappa shape index (κ1) is 14.1. The van der Waals surface area contributed by atoms with Crippen LogP contribution in [0.1, 0.15) is 20.9 Å². The normalized spacial score (nSPS) is 10.0. The summed E-state index contributed by atoms with van der Waals surface area (Å²) < 4.78 is 6.47. The van der Waals surface area contributed by atoms with Gasteiger partial charge < -0.3 is 4.42 Å². The summed E-state index contributed by atoms with van der Waals surface area (Å²) in [6, 6.07) is 8.41. The lowest BCUT2D eigenvalue weighted by Crippen LogP contribution is -2.41. The van der Waals surface area contributed by atoms with Crippen LogP contribution >= 0.6 is 38.5 Å². The Bertz CT molecular complexity index is 613. The first-order chi connectivity index (χ1) is 9.08. The molecule has 2 amide bonds. The number of nitrogens with one attached hydrogen (secondary N) is 2. The summed E-state index contributed by atoms with van der Waals surface area (Å²) in [5.74, 6) is -0.779. The molecule has 0 saturated carbocycles. The first-order valence-electron chi connectivity index (χ1n) is 5.17. The fourth-order valence-electron chi connectivity index (χ4n) is 1.32. The van der Waals surface area contributed by atoms with Gasteiger partial charge in [0.05, 0.1) is 11.8 Å². The highest BCUT2D eigenvalue weighted by Crippen LogP contribution is 2.18. The molecule has 1 heterocycles. The minimum Gasteiger partial charge on any atom is -0.459 e. The zero-order chi connectivity index (χ0) is 13.8. The Morgan fingerprint density at radius 3 is 2.58 bits per heavy atom. The number of amides is 2. The summed E-state index contributed by atoms with van der Waals surface area (Å²) in [7, 11) is 0. The molecule has 7 heteroatoms. The van der Waals surface area contributed by atoms with Crippen molar-refractivity contribution in [1.82, 2.24) is 10.9 Å². The molecule has 2 rings (SSSR count). The molecule has 98 valence electrons. The van der Waals surface area contributed by atoms with Crippen LogP contribution in [0.15, 0.2) is 45.5 Å². The third-order valence-electron chi connectivity index (χ3n) is 2.21. The molecule has 0 spiro atoms. The molecule has 1 aromatic heterocycles. The van der Waals surface area contributed by atoms with Crippen LogP contribution in [0.2, 0.25) is 0 Å². The van der Waals surface area contributed by atoms with Gasteiger partial charge in [-0.05, 0) is 52.9 Å². The minimum absolute atomic E-state index is 0.129. The van der Waals surface area contributed by atoms with E-state index in [1.807, 2.05) is 28.7 Å².